The van der Waals surface area contributed by atoms with Gasteiger partial charge in [0, 0.05) is 50.0 Å². The van der Waals surface area contributed by atoms with E-state index in [0.717, 1.165) is 18.4 Å². The number of ether oxygens (including phenoxy) is 1. The van der Waals surface area contributed by atoms with Crippen LogP contribution in [0, 0.1) is 0 Å². The van der Waals surface area contributed by atoms with Crippen molar-refractivity contribution < 1.29 is 14.1 Å². The highest BCUT2D eigenvalue weighted by Crippen LogP contribution is 2.22. The molecule has 0 spiro atoms. The minimum absolute atomic E-state index is 0.0351. The lowest BCUT2D eigenvalue weighted by molar-refractivity contribution is 0.0578. The normalized spacial score (nSPS) is 15.0. The van der Waals surface area contributed by atoms with Gasteiger partial charge in [-0.2, -0.15) is 0 Å². The summed E-state index contributed by atoms with van der Waals surface area (Å²) >= 11 is 0. The molecular weight excluding hydrogens is 332 g/mol. The number of piperidine rings is 1. The van der Waals surface area contributed by atoms with Gasteiger partial charge in [-0.25, -0.2) is 4.98 Å². The van der Waals surface area contributed by atoms with Crippen LogP contribution in [0.25, 0.3) is 11.3 Å². The number of nitrogens with zero attached hydrogens (tertiary/aromatic N) is 4. The zero-order valence-corrected chi connectivity index (χ0v) is 14.1. The molecule has 0 saturated carbocycles. The third kappa shape index (κ3) is 3.56. The topological polar surface area (TPSA) is 81.4 Å². The SMILES string of the molecule is O=C(c1cc(-c2ccccc2)on1)N1CCC(Oc2cnccn2)CC1. The van der Waals surface area contributed by atoms with Crippen LogP contribution in [0.15, 0.2) is 59.5 Å². The number of amides is 1. The summed E-state index contributed by atoms with van der Waals surface area (Å²) in [6.07, 6.45) is 6.32. The number of likely N-dealkylation sites (tertiary alicyclic amines) is 1. The summed E-state index contributed by atoms with van der Waals surface area (Å²) in [5.41, 5.74) is 1.23. The fraction of sp³-hybridized carbons (Fsp3) is 0.263. The molecule has 0 radical (unpaired) electrons. The highest BCUT2D eigenvalue weighted by Gasteiger charge is 2.27. The van der Waals surface area contributed by atoms with Crippen molar-refractivity contribution in [2.75, 3.05) is 13.1 Å². The summed E-state index contributed by atoms with van der Waals surface area (Å²) in [7, 11) is 0. The van der Waals surface area contributed by atoms with Gasteiger partial charge in [-0.3, -0.25) is 9.78 Å². The van der Waals surface area contributed by atoms with E-state index in [4.69, 9.17) is 9.26 Å². The molecule has 3 aromatic rings. The minimum atomic E-state index is -0.117. The molecule has 1 aliphatic rings. The maximum absolute atomic E-state index is 12.6. The summed E-state index contributed by atoms with van der Waals surface area (Å²) in [4.78, 5) is 22.5. The maximum Gasteiger partial charge on any atom is 0.276 e. The van der Waals surface area contributed by atoms with Crippen LogP contribution in [0.5, 0.6) is 5.88 Å². The van der Waals surface area contributed by atoms with Crippen molar-refractivity contribution in [3.05, 3.63) is 60.7 Å². The molecule has 0 N–H and O–H groups in total. The van der Waals surface area contributed by atoms with Gasteiger partial charge in [0.15, 0.2) is 11.5 Å². The maximum atomic E-state index is 12.6. The second-order valence-electron chi connectivity index (χ2n) is 6.10. The van der Waals surface area contributed by atoms with E-state index in [9.17, 15) is 4.79 Å². The first-order valence-electron chi connectivity index (χ1n) is 8.54. The average molecular weight is 350 g/mol. The summed E-state index contributed by atoms with van der Waals surface area (Å²) < 4.78 is 11.1. The Kier molecular flexibility index (Phi) is 4.59. The molecule has 0 unspecified atom stereocenters. The fourth-order valence-electron chi connectivity index (χ4n) is 2.97. The number of aromatic nitrogens is 3. The van der Waals surface area contributed by atoms with Gasteiger partial charge in [-0.1, -0.05) is 35.5 Å². The molecule has 1 fully saturated rings. The van der Waals surface area contributed by atoms with Crippen molar-refractivity contribution in [2.45, 2.75) is 18.9 Å². The molecule has 7 heteroatoms. The van der Waals surface area contributed by atoms with Crippen molar-refractivity contribution in [3.63, 3.8) is 0 Å². The number of carbonyl (C=O) groups is 1. The first-order chi connectivity index (χ1) is 12.8. The van der Waals surface area contributed by atoms with Gasteiger partial charge in [0.2, 0.25) is 5.88 Å². The van der Waals surface area contributed by atoms with Crippen LogP contribution < -0.4 is 4.74 Å². The zero-order chi connectivity index (χ0) is 17.8. The Hall–Kier alpha value is -3.22. The molecular formula is C19H18N4O3. The molecule has 0 aliphatic carbocycles. The molecule has 26 heavy (non-hydrogen) atoms. The smallest absolute Gasteiger partial charge is 0.276 e. The van der Waals surface area contributed by atoms with Gasteiger partial charge >= 0.3 is 0 Å². The van der Waals surface area contributed by atoms with Crippen LogP contribution in [0.1, 0.15) is 23.3 Å². The molecule has 132 valence electrons. The van der Waals surface area contributed by atoms with Crippen molar-refractivity contribution in [1.29, 1.82) is 0 Å². The largest absolute Gasteiger partial charge is 0.473 e. The number of hydrogen-bond donors (Lipinski definition) is 0. The molecule has 1 saturated heterocycles. The molecule has 1 aliphatic heterocycles. The Labute approximate surface area is 150 Å². The summed E-state index contributed by atoms with van der Waals surface area (Å²) in [6.45, 7) is 1.22. The van der Waals surface area contributed by atoms with Gasteiger partial charge in [0.1, 0.15) is 6.10 Å². The summed E-state index contributed by atoms with van der Waals surface area (Å²) in [5, 5.41) is 3.94. The molecule has 2 aromatic heterocycles. The van der Waals surface area contributed by atoms with Crippen LogP contribution in [-0.2, 0) is 0 Å². The molecule has 4 rings (SSSR count). The lowest BCUT2D eigenvalue weighted by Crippen LogP contribution is -2.42. The number of rotatable bonds is 4. The Morgan fingerprint density at radius 1 is 1.15 bits per heavy atom. The van der Waals surface area contributed by atoms with E-state index in [1.165, 1.54) is 0 Å². The van der Waals surface area contributed by atoms with Crippen molar-refractivity contribution in [2.24, 2.45) is 0 Å². The van der Waals surface area contributed by atoms with E-state index >= 15 is 0 Å². The van der Waals surface area contributed by atoms with Crippen LogP contribution in [0.3, 0.4) is 0 Å². The number of carbonyl (C=O) groups excluding carboxylic acids is 1. The molecule has 7 nitrogen and oxygen atoms in total. The lowest BCUT2D eigenvalue weighted by Gasteiger charge is -2.31. The highest BCUT2D eigenvalue weighted by atomic mass is 16.5. The van der Waals surface area contributed by atoms with E-state index in [2.05, 4.69) is 15.1 Å². The van der Waals surface area contributed by atoms with Crippen molar-refractivity contribution in [3.8, 4) is 17.2 Å². The van der Waals surface area contributed by atoms with Gasteiger partial charge in [-0.15, -0.1) is 0 Å². The van der Waals surface area contributed by atoms with Crippen molar-refractivity contribution >= 4 is 5.91 Å². The van der Waals surface area contributed by atoms with Gasteiger partial charge in [0.25, 0.3) is 5.91 Å². The molecule has 1 aromatic carbocycles. The van der Waals surface area contributed by atoms with Gasteiger partial charge in [-0.05, 0) is 0 Å². The Balaban J connectivity index is 1.36. The van der Waals surface area contributed by atoms with Gasteiger partial charge < -0.3 is 14.2 Å². The Morgan fingerprint density at radius 2 is 1.96 bits per heavy atom. The van der Waals surface area contributed by atoms with E-state index in [0.29, 0.717) is 30.4 Å². The highest BCUT2D eigenvalue weighted by molar-refractivity contribution is 5.93. The van der Waals surface area contributed by atoms with Gasteiger partial charge in [0.05, 0.1) is 6.20 Å². The molecule has 3 heterocycles. The fourth-order valence-corrected chi connectivity index (χ4v) is 2.97. The Morgan fingerprint density at radius 3 is 2.69 bits per heavy atom. The van der Waals surface area contributed by atoms with Crippen LogP contribution >= 0.6 is 0 Å². The monoisotopic (exact) mass is 350 g/mol. The number of hydrogen-bond acceptors (Lipinski definition) is 6. The average Bonchev–Trinajstić information content (AvgIpc) is 3.20. The quantitative estimate of drug-likeness (QED) is 0.720. The van der Waals surface area contributed by atoms with E-state index in [1.807, 2.05) is 30.3 Å². The lowest BCUT2D eigenvalue weighted by atomic mass is 10.1. The van der Waals surface area contributed by atoms with Crippen molar-refractivity contribution in [1.82, 2.24) is 20.0 Å². The first kappa shape index (κ1) is 16.3. The summed E-state index contributed by atoms with van der Waals surface area (Å²) in [5.74, 6) is 0.991. The summed E-state index contributed by atoms with van der Waals surface area (Å²) in [6, 6.07) is 11.3. The number of benzene rings is 1. The van der Waals surface area contributed by atoms with E-state index in [1.54, 1.807) is 29.6 Å². The van der Waals surface area contributed by atoms with Crippen LogP contribution in [-0.4, -0.2) is 45.1 Å². The van der Waals surface area contributed by atoms with Crippen LogP contribution in [0.2, 0.25) is 0 Å². The Bertz CT molecular complexity index is 859. The second kappa shape index (κ2) is 7.35. The standard InChI is InChI=1S/C19H18N4O3/c24-19(16-12-17(26-22-16)14-4-2-1-3-5-14)23-10-6-15(7-11-23)25-18-13-20-8-9-21-18/h1-5,8-9,12-13,15H,6-7,10-11H2. The first-order valence-corrected chi connectivity index (χ1v) is 8.54. The predicted octanol–water partition coefficient (Wildman–Crippen LogP) is 2.82. The third-order valence-corrected chi connectivity index (χ3v) is 4.34. The second-order valence-corrected chi connectivity index (χ2v) is 6.10. The minimum Gasteiger partial charge on any atom is -0.473 e. The van der Waals surface area contributed by atoms with Crippen LogP contribution in [0.4, 0.5) is 0 Å². The molecule has 1 amide bonds. The van der Waals surface area contributed by atoms with E-state index in [-0.39, 0.29) is 12.0 Å². The third-order valence-electron chi connectivity index (χ3n) is 4.34. The van der Waals surface area contributed by atoms with E-state index < -0.39 is 0 Å². The predicted molar refractivity (Wildman–Crippen MR) is 93.5 cm³/mol. The molecule has 0 atom stereocenters. The zero-order valence-electron chi connectivity index (χ0n) is 14.1. The molecule has 0 bridgehead atoms.